The normalized spacial score (nSPS) is 14.0. The molecule has 11 heteroatoms. The summed E-state index contributed by atoms with van der Waals surface area (Å²) in [6.45, 7) is 3.49. The van der Waals surface area contributed by atoms with Crippen LogP contribution in [0.2, 0.25) is 0 Å². The summed E-state index contributed by atoms with van der Waals surface area (Å²) in [4.78, 5) is 8.06. The molecule has 0 fully saturated rings. The Morgan fingerprint density at radius 1 is 1.19 bits per heavy atom. The van der Waals surface area contributed by atoms with Gasteiger partial charge in [-0.15, -0.1) is 11.3 Å². The second-order valence-corrected chi connectivity index (χ2v) is 10.2. The Bertz CT molecular complexity index is 1250. The van der Waals surface area contributed by atoms with Crippen molar-refractivity contribution < 1.29 is 21.6 Å². The first-order chi connectivity index (χ1) is 14.6. The number of fused-ring (bicyclic) bond motifs is 1. The maximum absolute atomic E-state index is 13.6. The molecule has 4 rings (SSSR count). The van der Waals surface area contributed by atoms with Crippen molar-refractivity contribution in [1.82, 2.24) is 15.3 Å². The van der Waals surface area contributed by atoms with Crippen LogP contribution in [0, 0.1) is 0 Å². The van der Waals surface area contributed by atoms with Crippen LogP contribution in [0.5, 0.6) is 0 Å². The zero-order valence-electron chi connectivity index (χ0n) is 16.7. The summed E-state index contributed by atoms with van der Waals surface area (Å²) in [5.41, 5.74) is 2.67. The van der Waals surface area contributed by atoms with Crippen molar-refractivity contribution in [3.8, 4) is 10.6 Å². The number of hydrogen-bond donors (Lipinski definition) is 2. The van der Waals surface area contributed by atoms with Crippen LogP contribution in [0.1, 0.15) is 29.2 Å². The molecular formula is C20H19F3N4O2S2. The van der Waals surface area contributed by atoms with E-state index in [2.05, 4.69) is 26.7 Å². The summed E-state index contributed by atoms with van der Waals surface area (Å²) < 4.78 is 64.3. The summed E-state index contributed by atoms with van der Waals surface area (Å²) in [5.74, 6) is 0.0120. The van der Waals surface area contributed by atoms with E-state index in [1.165, 1.54) is 17.0 Å². The maximum atomic E-state index is 13.6. The summed E-state index contributed by atoms with van der Waals surface area (Å²) in [6, 6.07) is 5.24. The van der Waals surface area contributed by atoms with Crippen molar-refractivity contribution in [3.63, 3.8) is 0 Å². The Hall–Kier alpha value is -2.50. The van der Waals surface area contributed by atoms with E-state index in [0.29, 0.717) is 0 Å². The number of aromatic nitrogens is 2. The quantitative estimate of drug-likeness (QED) is 0.572. The second-order valence-electron chi connectivity index (χ2n) is 7.23. The summed E-state index contributed by atoms with van der Waals surface area (Å²) >= 11 is 0.893. The van der Waals surface area contributed by atoms with E-state index in [1.807, 2.05) is 13.0 Å². The van der Waals surface area contributed by atoms with Crippen LogP contribution in [0.4, 0.5) is 24.8 Å². The lowest BCUT2D eigenvalue weighted by Crippen LogP contribution is -2.11. The number of nitrogens with one attached hydrogen (secondary N) is 2. The molecule has 1 aliphatic heterocycles. The number of hydrogen-bond acceptors (Lipinski definition) is 7. The number of anilines is 2. The topological polar surface area (TPSA) is 84.0 Å². The van der Waals surface area contributed by atoms with Crippen LogP contribution >= 0.6 is 11.3 Å². The third-order valence-electron chi connectivity index (χ3n) is 5.01. The molecule has 0 saturated carbocycles. The summed E-state index contributed by atoms with van der Waals surface area (Å²) in [7, 11) is -3.55. The highest BCUT2D eigenvalue weighted by molar-refractivity contribution is 7.90. The molecule has 3 heterocycles. The third kappa shape index (κ3) is 4.43. The molecule has 0 spiro atoms. The fraction of sp³-hybridized carbons (Fsp3) is 0.300. The molecule has 31 heavy (non-hydrogen) atoms. The van der Waals surface area contributed by atoms with Crippen molar-refractivity contribution in [2.24, 2.45) is 0 Å². The molecule has 164 valence electrons. The fourth-order valence-corrected chi connectivity index (χ4v) is 5.43. The number of aryl methyl sites for hydroxylation is 1. The molecule has 2 aromatic heterocycles. The van der Waals surface area contributed by atoms with Crippen LogP contribution in [0.3, 0.4) is 0 Å². The number of sulfone groups is 1. The van der Waals surface area contributed by atoms with Crippen molar-refractivity contribution in [2.75, 3.05) is 11.6 Å². The average molecular weight is 469 g/mol. The Morgan fingerprint density at radius 3 is 2.52 bits per heavy atom. The minimum atomic E-state index is -4.68. The van der Waals surface area contributed by atoms with Crippen molar-refractivity contribution in [3.05, 3.63) is 52.0 Å². The molecule has 0 atom stereocenters. The van der Waals surface area contributed by atoms with Gasteiger partial charge in [-0.1, -0.05) is 13.0 Å². The van der Waals surface area contributed by atoms with Gasteiger partial charge in [-0.05, 0) is 35.2 Å². The van der Waals surface area contributed by atoms with Gasteiger partial charge in [0, 0.05) is 36.6 Å². The van der Waals surface area contributed by atoms with E-state index in [0.717, 1.165) is 60.1 Å². The molecule has 6 nitrogen and oxygen atoms in total. The van der Waals surface area contributed by atoms with Gasteiger partial charge in [0.15, 0.2) is 9.84 Å². The van der Waals surface area contributed by atoms with Crippen molar-refractivity contribution in [2.45, 2.75) is 37.5 Å². The number of nitrogens with zero attached hydrogens (tertiary/aromatic N) is 2. The lowest BCUT2D eigenvalue weighted by molar-refractivity contribution is -0.137. The van der Waals surface area contributed by atoms with E-state index in [9.17, 15) is 21.6 Å². The van der Waals surface area contributed by atoms with Crippen LogP contribution in [0.25, 0.3) is 10.6 Å². The largest absolute Gasteiger partial charge is 0.420 e. The van der Waals surface area contributed by atoms with Gasteiger partial charge in [0.2, 0.25) is 5.95 Å². The molecule has 2 N–H and O–H groups in total. The molecule has 0 unspecified atom stereocenters. The first-order valence-electron chi connectivity index (χ1n) is 9.42. The molecule has 0 saturated heterocycles. The first-order valence-corrected chi connectivity index (χ1v) is 12.2. The van der Waals surface area contributed by atoms with Gasteiger partial charge in [-0.25, -0.2) is 18.4 Å². The maximum Gasteiger partial charge on any atom is 0.420 e. The lowest BCUT2D eigenvalue weighted by Gasteiger charge is -2.15. The zero-order chi connectivity index (χ0) is 22.4. The smallest absolute Gasteiger partial charge is 0.324 e. The van der Waals surface area contributed by atoms with Gasteiger partial charge in [-0.2, -0.15) is 13.2 Å². The fourth-order valence-electron chi connectivity index (χ4n) is 3.41. The van der Waals surface area contributed by atoms with Gasteiger partial charge in [0.1, 0.15) is 5.56 Å². The number of rotatable bonds is 5. The Balaban J connectivity index is 1.78. The third-order valence-corrected chi connectivity index (χ3v) is 7.19. The second kappa shape index (κ2) is 7.88. The first kappa shape index (κ1) is 21.7. The highest BCUT2D eigenvalue weighted by Gasteiger charge is 2.36. The van der Waals surface area contributed by atoms with Gasteiger partial charge < -0.3 is 10.6 Å². The predicted octanol–water partition coefficient (Wildman–Crippen LogP) is 4.54. The van der Waals surface area contributed by atoms with Crippen LogP contribution in [-0.4, -0.2) is 24.6 Å². The van der Waals surface area contributed by atoms with Crippen molar-refractivity contribution >= 4 is 32.8 Å². The van der Waals surface area contributed by atoms with E-state index in [-0.39, 0.29) is 21.4 Å². The van der Waals surface area contributed by atoms with E-state index < -0.39 is 21.6 Å². The van der Waals surface area contributed by atoms with E-state index >= 15 is 0 Å². The lowest BCUT2D eigenvalue weighted by atomic mass is 10.0. The number of benzene rings is 1. The minimum absolute atomic E-state index is 0.0120. The number of thiophene rings is 1. The predicted molar refractivity (Wildman–Crippen MR) is 113 cm³/mol. The minimum Gasteiger partial charge on any atom is -0.324 e. The average Bonchev–Trinajstić information content (AvgIpc) is 3.35. The molecule has 1 aliphatic rings. The van der Waals surface area contributed by atoms with Gasteiger partial charge in [0.05, 0.1) is 15.5 Å². The van der Waals surface area contributed by atoms with Crippen LogP contribution < -0.4 is 10.6 Å². The van der Waals surface area contributed by atoms with Crippen molar-refractivity contribution in [1.29, 1.82) is 0 Å². The molecule has 0 bridgehead atoms. The highest BCUT2D eigenvalue weighted by Crippen LogP contribution is 2.39. The molecular weight excluding hydrogens is 449 g/mol. The molecule has 3 aromatic rings. The zero-order valence-corrected chi connectivity index (χ0v) is 18.3. The SMILES string of the molecule is CCc1cc2c(cc1Nc1ncc(C(F)(F)F)c(-c3cc(S(C)(=O)=O)cs3)n1)CNC2. The summed E-state index contributed by atoms with van der Waals surface area (Å²) in [6.07, 6.45) is -2.22. The molecule has 0 radical (unpaired) electrons. The molecule has 0 amide bonds. The van der Waals surface area contributed by atoms with E-state index in [1.54, 1.807) is 0 Å². The van der Waals surface area contributed by atoms with Crippen LogP contribution in [0.15, 0.2) is 34.7 Å². The Kier molecular flexibility index (Phi) is 5.52. The monoisotopic (exact) mass is 468 g/mol. The molecule has 0 aliphatic carbocycles. The highest BCUT2D eigenvalue weighted by atomic mass is 32.2. The van der Waals surface area contributed by atoms with Gasteiger partial charge >= 0.3 is 6.18 Å². The Morgan fingerprint density at radius 2 is 1.90 bits per heavy atom. The summed E-state index contributed by atoms with van der Waals surface area (Å²) in [5, 5.41) is 7.62. The standard InChI is InChI=1S/C20H19F3N4O2S2/c1-3-11-4-12-7-24-8-13(12)5-16(11)26-19-25-9-15(20(21,22)23)18(27-19)17-6-14(10-30-17)31(2,28)29/h4-6,9-10,24H,3,7-8H2,1-2H3,(H,25,26,27). The number of halogens is 3. The number of alkyl halides is 3. The van der Waals surface area contributed by atoms with E-state index in [4.69, 9.17) is 0 Å². The van der Waals surface area contributed by atoms with Crippen LogP contribution in [-0.2, 0) is 35.5 Å². The van der Waals surface area contributed by atoms with Gasteiger partial charge in [0.25, 0.3) is 0 Å². The molecule has 1 aromatic carbocycles. The Labute approximate surface area is 181 Å². The van der Waals surface area contributed by atoms with Gasteiger partial charge in [-0.3, -0.25) is 0 Å².